The lowest BCUT2D eigenvalue weighted by Gasteiger charge is -2.13. The number of aryl methyl sites for hydroxylation is 1. The van der Waals surface area contributed by atoms with E-state index in [9.17, 15) is 0 Å². The van der Waals surface area contributed by atoms with Crippen molar-refractivity contribution in [1.82, 2.24) is 4.98 Å². The largest absolute Gasteiger partial charge is 0.398 e. The van der Waals surface area contributed by atoms with Crippen LogP contribution in [0.3, 0.4) is 0 Å². The molecule has 1 saturated carbocycles. The van der Waals surface area contributed by atoms with E-state index in [1.54, 1.807) is 0 Å². The lowest BCUT2D eigenvalue weighted by atomic mass is 10.1. The zero-order valence-electron chi connectivity index (χ0n) is 9.63. The number of anilines is 2. The van der Waals surface area contributed by atoms with E-state index in [-0.39, 0.29) is 0 Å². The third-order valence-corrected chi connectivity index (χ3v) is 3.75. The summed E-state index contributed by atoms with van der Waals surface area (Å²) in [5.74, 6) is 0.954. The maximum absolute atomic E-state index is 6.06. The highest BCUT2D eigenvalue weighted by Crippen LogP contribution is 2.36. The monoisotopic (exact) mass is 291 g/mol. The third kappa shape index (κ3) is 1.86. The molecule has 0 aliphatic heterocycles. The maximum Gasteiger partial charge on any atom is 0.134 e. The molecule has 0 radical (unpaired) electrons. The number of nitrogens with one attached hydrogen (secondary N) is 1. The summed E-state index contributed by atoms with van der Waals surface area (Å²) < 4.78 is 0.954. The number of hydrogen-bond donors (Lipinski definition) is 2. The summed E-state index contributed by atoms with van der Waals surface area (Å²) in [4.78, 5) is 4.47. The molecule has 88 valence electrons. The van der Waals surface area contributed by atoms with Crippen molar-refractivity contribution in [1.29, 1.82) is 0 Å². The van der Waals surface area contributed by atoms with Crippen molar-refractivity contribution < 1.29 is 0 Å². The molecule has 1 fully saturated rings. The number of nitrogens with two attached hydrogens (primary N) is 1. The quantitative estimate of drug-likeness (QED) is 0.833. The fourth-order valence-electron chi connectivity index (χ4n) is 2.07. The summed E-state index contributed by atoms with van der Waals surface area (Å²) in [6.45, 7) is 2.09. The van der Waals surface area contributed by atoms with Crippen LogP contribution >= 0.6 is 15.9 Å². The van der Waals surface area contributed by atoms with Crippen LogP contribution in [0.2, 0.25) is 0 Å². The average molecular weight is 292 g/mol. The standard InChI is InChI=1S/C13H14BrN3/c1-7-2-5-10(15)12-9(14)6-16-13(11(7)12)17-8-3-4-8/h2,5-6,8H,3-4,15H2,1H3,(H,16,17). The van der Waals surface area contributed by atoms with Gasteiger partial charge in [0.15, 0.2) is 0 Å². The molecular formula is C13H14BrN3. The Morgan fingerprint density at radius 3 is 2.82 bits per heavy atom. The van der Waals surface area contributed by atoms with Gasteiger partial charge in [0.1, 0.15) is 5.82 Å². The van der Waals surface area contributed by atoms with Gasteiger partial charge in [0, 0.05) is 33.2 Å². The third-order valence-electron chi connectivity index (χ3n) is 3.15. The molecule has 17 heavy (non-hydrogen) atoms. The smallest absolute Gasteiger partial charge is 0.134 e. The lowest BCUT2D eigenvalue weighted by molar-refractivity contribution is 1.12. The average Bonchev–Trinajstić information content (AvgIpc) is 3.10. The van der Waals surface area contributed by atoms with Gasteiger partial charge in [0.05, 0.1) is 0 Å². The minimum Gasteiger partial charge on any atom is -0.398 e. The van der Waals surface area contributed by atoms with Crippen molar-refractivity contribution >= 4 is 38.2 Å². The van der Waals surface area contributed by atoms with Gasteiger partial charge in [-0.3, -0.25) is 0 Å². The van der Waals surface area contributed by atoms with E-state index in [1.807, 2.05) is 18.3 Å². The minimum absolute atomic E-state index is 0.590. The number of nitrogens with zero attached hydrogens (tertiary/aromatic N) is 1. The van der Waals surface area contributed by atoms with Crippen LogP contribution in [-0.4, -0.2) is 11.0 Å². The summed E-state index contributed by atoms with van der Waals surface area (Å²) in [5.41, 5.74) is 8.05. The van der Waals surface area contributed by atoms with E-state index in [1.165, 1.54) is 18.4 Å². The Morgan fingerprint density at radius 2 is 2.12 bits per heavy atom. The molecule has 1 aliphatic rings. The van der Waals surface area contributed by atoms with Gasteiger partial charge in [-0.2, -0.15) is 0 Å². The number of hydrogen-bond acceptors (Lipinski definition) is 3. The number of benzene rings is 1. The Morgan fingerprint density at radius 1 is 1.35 bits per heavy atom. The summed E-state index contributed by atoms with van der Waals surface area (Å²) in [7, 11) is 0. The summed E-state index contributed by atoms with van der Waals surface area (Å²) in [6.07, 6.45) is 4.30. The van der Waals surface area contributed by atoms with E-state index >= 15 is 0 Å². The Hall–Kier alpha value is -1.29. The topological polar surface area (TPSA) is 50.9 Å². The summed E-state index contributed by atoms with van der Waals surface area (Å²) >= 11 is 3.53. The number of pyridine rings is 1. The first kappa shape index (κ1) is 10.8. The van der Waals surface area contributed by atoms with Crippen molar-refractivity contribution in [2.45, 2.75) is 25.8 Å². The van der Waals surface area contributed by atoms with E-state index < -0.39 is 0 Å². The van der Waals surface area contributed by atoms with E-state index in [2.05, 4.69) is 33.2 Å². The molecule has 0 atom stereocenters. The molecule has 1 heterocycles. The van der Waals surface area contributed by atoms with Gasteiger partial charge in [-0.25, -0.2) is 4.98 Å². The fourth-order valence-corrected chi connectivity index (χ4v) is 2.60. The molecule has 1 aromatic heterocycles. The molecule has 1 aliphatic carbocycles. The predicted octanol–water partition coefficient (Wildman–Crippen LogP) is 3.46. The zero-order chi connectivity index (χ0) is 12.0. The van der Waals surface area contributed by atoms with Crippen LogP contribution < -0.4 is 11.1 Å². The van der Waals surface area contributed by atoms with Crippen molar-refractivity contribution in [2.24, 2.45) is 0 Å². The first-order valence-corrected chi connectivity index (χ1v) is 6.56. The number of halogens is 1. The van der Waals surface area contributed by atoms with Crippen LogP contribution in [0.4, 0.5) is 11.5 Å². The molecule has 2 aromatic rings. The summed E-state index contributed by atoms with van der Waals surface area (Å²) in [5, 5.41) is 5.66. The van der Waals surface area contributed by atoms with E-state index in [0.717, 1.165) is 26.8 Å². The molecular weight excluding hydrogens is 278 g/mol. The van der Waals surface area contributed by atoms with E-state index in [4.69, 9.17) is 5.73 Å². The van der Waals surface area contributed by atoms with Gasteiger partial charge in [-0.05, 0) is 47.3 Å². The number of rotatable bonds is 2. The first-order valence-electron chi connectivity index (χ1n) is 5.76. The number of nitrogen functional groups attached to an aromatic ring is 1. The molecule has 1 aromatic carbocycles. The van der Waals surface area contributed by atoms with Gasteiger partial charge >= 0.3 is 0 Å². The Kier molecular flexibility index (Phi) is 2.47. The number of fused-ring (bicyclic) bond motifs is 1. The Balaban J connectivity index is 2.28. The van der Waals surface area contributed by atoms with Crippen molar-refractivity contribution in [3.63, 3.8) is 0 Å². The molecule has 3 nitrogen and oxygen atoms in total. The number of aromatic nitrogens is 1. The fraction of sp³-hybridized carbons (Fsp3) is 0.308. The zero-order valence-corrected chi connectivity index (χ0v) is 11.2. The minimum atomic E-state index is 0.590. The van der Waals surface area contributed by atoms with Gasteiger partial charge in [0.25, 0.3) is 0 Å². The van der Waals surface area contributed by atoms with Crippen LogP contribution in [0.5, 0.6) is 0 Å². The second kappa shape index (κ2) is 3.88. The Bertz CT molecular complexity index is 582. The van der Waals surface area contributed by atoms with Crippen LogP contribution in [-0.2, 0) is 0 Å². The van der Waals surface area contributed by atoms with Crippen LogP contribution in [0.1, 0.15) is 18.4 Å². The van der Waals surface area contributed by atoms with Crippen molar-refractivity contribution in [2.75, 3.05) is 11.1 Å². The van der Waals surface area contributed by atoms with Crippen molar-refractivity contribution in [3.8, 4) is 0 Å². The highest BCUT2D eigenvalue weighted by atomic mass is 79.9. The van der Waals surface area contributed by atoms with Gasteiger partial charge < -0.3 is 11.1 Å². The molecule has 3 rings (SSSR count). The highest BCUT2D eigenvalue weighted by molar-refractivity contribution is 9.10. The molecule has 0 bridgehead atoms. The van der Waals surface area contributed by atoms with Crippen LogP contribution in [0.15, 0.2) is 22.8 Å². The van der Waals surface area contributed by atoms with Crippen LogP contribution in [0.25, 0.3) is 10.8 Å². The predicted molar refractivity (Wildman–Crippen MR) is 75.2 cm³/mol. The second-order valence-electron chi connectivity index (χ2n) is 4.60. The molecule has 3 N–H and O–H groups in total. The maximum atomic E-state index is 6.06. The molecule has 0 spiro atoms. The molecule has 4 heteroatoms. The molecule has 0 saturated heterocycles. The SMILES string of the molecule is Cc1ccc(N)c2c(Br)cnc(NC3CC3)c12. The van der Waals surface area contributed by atoms with Crippen LogP contribution in [0, 0.1) is 6.92 Å². The normalized spacial score (nSPS) is 15.2. The Labute approximate surface area is 109 Å². The molecule has 0 unspecified atom stereocenters. The van der Waals surface area contributed by atoms with E-state index in [0.29, 0.717) is 6.04 Å². The lowest BCUT2D eigenvalue weighted by Crippen LogP contribution is -2.05. The van der Waals surface area contributed by atoms with Crippen molar-refractivity contribution in [3.05, 3.63) is 28.4 Å². The van der Waals surface area contributed by atoms with Gasteiger partial charge in [0.2, 0.25) is 0 Å². The van der Waals surface area contributed by atoms with Gasteiger partial charge in [-0.1, -0.05) is 6.07 Å². The van der Waals surface area contributed by atoms with Gasteiger partial charge in [-0.15, -0.1) is 0 Å². The first-order chi connectivity index (χ1) is 8.16. The second-order valence-corrected chi connectivity index (χ2v) is 5.45. The molecule has 0 amide bonds. The highest BCUT2D eigenvalue weighted by Gasteiger charge is 2.23. The summed E-state index contributed by atoms with van der Waals surface area (Å²) in [6, 6.07) is 4.58.